The standard InChI is InChI=1S/C19H31N3O2/c1-5-7-8-9-10-11-22-16-13-18(24-4)17(23-3)12-15(16)21-19(22)14(20)6-2/h12-14H,5-11,20H2,1-4H3. The Kier molecular flexibility index (Phi) is 6.91. The first kappa shape index (κ1) is 18.6. The minimum Gasteiger partial charge on any atom is -0.493 e. The van der Waals surface area contributed by atoms with Gasteiger partial charge in [-0.1, -0.05) is 39.5 Å². The Balaban J connectivity index is 2.36. The predicted octanol–water partition coefficient (Wildman–Crippen LogP) is 4.43. The number of imidazole rings is 1. The van der Waals surface area contributed by atoms with Gasteiger partial charge in [0.1, 0.15) is 5.82 Å². The van der Waals surface area contributed by atoms with E-state index >= 15 is 0 Å². The number of nitrogens with zero attached hydrogens (tertiary/aromatic N) is 2. The summed E-state index contributed by atoms with van der Waals surface area (Å²) in [7, 11) is 3.31. The van der Waals surface area contributed by atoms with Gasteiger partial charge in [-0.25, -0.2) is 4.98 Å². The quantitative estimate of drug-likeness (QED) is 0.653. The fraction of sp³-hybridized carbons (Fsp3) is 0.632. The molecule has 0 radical (unpaired) electrons. The van der Waals surface area contributed by atoms with Gasteiger partial charge in [0, 0.05) is 18.7 Å². The van der Waals surface area contributed by atoms with Crippen LogP contribution in [0.2, 0.25) is 0 Å². The lowest BCUT2D eigenvalue weighted by Gasteiger charge is -2.14. The molecule has 0 fully saturated rings. The van der Waals surface area contributed by atoms with Gasteiger partial charge in [-0.3, -0.25) is 0 Å². The lowest BCUT2D eigenvalue weighted by atomic mass is 10.1. The monoisotopic (exact) mass is 333 g/mol. The average molecular weight is 333 g/mol. The SMILES string of the molecule is CCCCCCCn1c(C(N)CC)nc2cc(OC)c(OC)cc21. The third-order valence-corrected chi connectivity index (χ3v) is 4.54. The Morgan fingerprint density at radius 3 is 2.33 bits per heavy atom. The van der Waals surface area contributed by atoms with Crippen LogP contribution in [0.5, 0.6) is 11.5 Å². The Bertz CT molecular complexity index is 652. The largest absolute Gasteiger partial charge is 0.493 e. The number of nitrogens with two attached hydrogens (primary N) is 1. The van der Waals surface area contributed by atoms with E-state index in [1.165, 1.54) is 25.7 Å². The molecule has 0 spiro atoms. The summed E-state index contributed by atoms with van der Waals surface area (Å²) in [5.41, 5.74) is 8.29. The van der Waals surface area contributed by atoms with Gasteiger partial charge < -0.3 is 19.8 Å². The maximum Gasteiger partial charge on any atom is 0.163 e. The number of fused-ring (bicyclic) bond motifs is 1. The maximum absolute atomic E-state index is 6.31. The summed E-state index contributed by atoms with van der Waals surface area (Å²) in [5.74, 6) is 2.39. The molecule has 134 valence electrons. The number of methoxy groups -OCH3 is 2. The van der Waals surface area contributed by atoms with Crippen LogP contribution in [-0.4, -0.2) is 23.8 Å². The highest BCUT2D eigenvalue weighted by Gasteiger charge is 2.18. The molecule has 1 aromatic carbocycles. The first-order valence-corrected chi connectivity index (χ1v) is 9.03. The van der Waals surface area contributed by atoms with Gasteiger partial charge in [0.05, 0.1) is 31.3 Å². The first-order chi connectivity index (χ1) is 11.7. The molecule has 1 aromatic heterocycles. The van der Waals surface area contributed by atoms with Crippen molar-refractivity contribution in [3.05, 3.63) is 18.0 Å². The van der Waals surface area contributed by atoms with E-state index in [0.717, 1.165) is 42.0 Å². The van der Waals surface area contributed by atoms with Crippen LogP contribution in [0.1, 0.15) is 64.2 Å². The zero-order valence-corrected chi connectivity index (χ0v) is 15.5. The van der Waals surface area contributed by atoms with Crippen molar-refractivity contribution >= 4 is 11.0 Å². The molecular weight excluding hydrogens is 302 g/mol. The highest BCUT2D eigenvalue weighted by Crippen LogP contribution is 2.33. The van der Waals surface area contributed by atoms with Crippen LogP contribution in [0.4, 0.5) is 0 Å². The van der Waals surface area contributed by atoms with E-state index in [0.29, 0.717) is 5.75 Å². The first-order valence-electron chi connectivity index (χ1n) is 9.03. The minimum absolute atomic E-state index is 0.0509. The van der Waals surface area contributed by atoms with Gasteiger partial charge in [-0.15, -0.1) is 0 Å². The molecule has 0 saturated heterocycles. The van der Waals surface area contributed by atoms with Gasteiger partial charge in [-0.2, -0.15) is 0 Å². The average Bonchev–Trinajstić information content (AvgIpc) is 2.97. The predicted molar refractivity (Wildman–Crippen MR) is 98.8 cm³/mol. The fourth-order valence-corrected chi connectivity index (χ4v) is 3.04. The Morgan fingerprint density at radius 2 is 1.71 bits per heavy atom. The fourth-order valence-electron chi connectivity index (χ4n) is 3.04. The van der Waals surface area contributed by atoms with Crippen LogP contribution in [-0.2, 0) is 6.54 Å². The normalized spacial score (nSPS) is 12.5. The molecule has 2 rings (SSSR count). The number of hydrogen-bond acceptors (Lipinski definition) is 4. The third-order valence-electron chi connectivity index (χ3n) is 4.54. The molecule has 5 nitrogen and oxygen atoms in total. The summed E-state index contributed by atoms with van der Waals surface area (Å²) in [5, 5.41) is 0. The van der Waals surface area contributed by atoms with Crippen LogP contribution in [0.3, 0.4) is 0 Å². The lowest BCUT2D eigenvalue weighted by Crippen LogP contribution is -2.16. The highest BCUT2D eigenvalue weighted by molar-refractivity contribution is 5.80. The van der Waals surface area contributed by atoms with Crippen LogP contribution < -0.4 is 15.2 Å². The van der Waals surface area contributed by atoms with Gasteiger partial charge in [0.25, 0.3) is 0 Å². The highest BCUT2D eigenvalue weighted by atomic mass is 16.5. The number of ether oxygens (including phenoxy) is 2. The molecule has 1 unspecified atom stereocenters. The number of benzene rings is 1. The van der Waals surface area contributed by atoms with E-state index in [4.69, 9.17) is 20.2 Å². The van der Waals surface area contributed by atoms with Crippen molar-refractivity contribution < 1.29 is 9.47 Å². The van der Waals surface area contributed by atoms with E-state index in [-0.39, 0.29) is 6.04 Å². The van der Waals surface area contributed by atoms with Crippen molar-refractivity contribution in [1.29, 1.82) is 0 Å². The molecule has 2 aromatic rings. The van der Waals surface area contributed by atoms with Crippen molar-refractivity contribution in [2.75, 3.05) is 14.2 Å². The molecule has 2 N–H and O–H groups in total. The topological polar surface area (TPSA) is 62.3 Å². The minimum atomic E-state index is -0.0509. The summed E-state index contributed by atoms with van der Waals surface area (Å²) in [4.78, 5) is 4.78. The van der Waals surface area contributed by atoms with E-state index in [9.17, 15) is 0 Å². The van der Waals surface area contributed by atoms with Crippen LogP contribution >= 0.6 is 0 Å². The smallest absolute Gasteiger partial charge is 0.163 e. The molecule has 0 aliphatic rings. The molecule has 0 bridgehead atoms. The van der Waals surface area contributed by atoms with E-state index in [2.05, 4.69) is 18.4 Å². The summed E-state index contributed by atoms with van der Waals surface area (Å²) in [6.07, 6.45) is 7.10. The van der Waals surface area contributed by atoms with E-state index in [1.807, 2.05) is 12.1 Å². The molecular formula is C19H31N3O2. The number of unbranched alkanes of at least 4 members (excludes halogenated alkanes) is 4. The zero-order chi connectivity index (χ0) is 17.5. The molecule has 0 saturated carbocycles. The molecule has 5 heteroatoms. The van der Waals surface area contributed by atoms with Crippen molar-refractivity contribution in [1.82, 2.24) is 9.55 Å². The summed E-state index contributed by atoms with van der Waals surface area (Å²) in [6.45, 7) is 5.27. The molecule has 0 aliphatic heterocycles. The second kappa shape index (κ2) is 8.92. The number of aryl methyl sites for hydroxylation is 1. The molecule has 0 aliphatic carbocycles. The van der Waals surface area contributed by atoms with Crippen LogP contribution in [0.15, 0.2) is 12.1 Å². The van der Waals surface area contributed by atoms with Crippen molar-refractivity contribution in [3.8, 4) is 11.5 Å². The van der Waals surface area contributed by atoms with Crippen molar-refractivity contribution in [3.63, 3.8) is 0 Å². The van der Waals surface area contributed by atoms with Gasteiger partial charge in [-0.05, 0) is 12.8 Å². The Hall–Kier alpha value is -1.75. The summed E-state index contributed by atoms with van der Waals surface area (Å²) < 4.78 is 13.1. The Labute approximate surface area is 145 Å². The number of hydrogen-bond donors (Lipinski definition) is 1. The van der Waals surface area contributed by atoms with E-state index < -0.39 is 0 Å². The second-order valence-corrected chi connectivity index (χ2v) is 6.25. The molecule has 24 heavy (non-hydrogen) atoms. The maximum atomic E-state index is 6.31. The molecule has 0 amide bonds. The molecule has 1 heterocycles. The van der Waals surface area contributed by atoms with Crippen molar-refractivity contribution in [2.45, 2.75) is 65.0 Å². The zero-order valence-electron chi connectivity index (χ0n) is 15.5. The van der Waals surface area contributed by atoms with Crippen LogP contribution in [0, 0.1) is 0 Å². The lowest BCUT2D eigenvalue weighted by molar-refractivity contribution is 0.355. The van der Waals surface area contributed by atoms with Gasteiger partial charge in [0.15, 0.2) is 11.5 Å². The summed E-state index contributed by atoms with van der Waals surface area (Å²) in [6, 6.07) is 3.90. The van der Waals surface area contributed by atoms with Gasteiger partial charge >= 0.3 is 0 Å². The second-order valence-electron chi connectivity index (χ2n) is 6.25. The Morgan fingerprint density at radius 1 is 1.04 bits per heavy atom. The van der Waals surface area contributed by atoms with Crippen molar-refractivity contribution in [2.24, 2.45) is 5.73 Å². The number of rotatable bonds is 10. The third kappa shape index (κ3) is 4.01. The molecule has 1 atom stereocenters. The van der Waals surface area contributed by atoms with Crippen LogP contribution in [0.25, 0.3) is 11.0 Å². The number of aromatic nitrogens is 2. The van der Waals surface area contributed by atoms with Gasteiger partial charge in [0.2, 0.25) is 0 Å². The van der Waals surface area contributed by atoms with E-state index in [1.54, 1.807) is 14.2 Å². The summed E-state index contributed by atoms with van der Waals surface area (Å²) >= 11 is 0.